The first-order valence-electron chi connectivity index (χ1n) is 10.1. The third kappa shape index (κ3) is 5.79. The predicted octanol–water partition coefficient (Wildman–Crippen LogP) is 2.95. The number of carbonyl (C=O) groups is 1. The molecule has 0 bridgehead atoms. The number of hydrogen-bond acceptors (Lipinski definition) is 3. The van der Waals surface area contributed by atoms with Crippen LogP contribution in [0.2, 0.25) is 0 Å². The van der Waals surface area contributed by atoms with Gasteiger partial charge < -0.3 is 9.88 Å². The molecule has 0 spiro atoms. The molecule has 0 saturated heterocycles. The molecule has 2 aromatic rings. The van der Waals surface area contributed by atoms with Gasteiger partial charge in [-0.3, -0.25) is 14.2 Å². The van der Waals surface area contributed by atoms with Crippen LogP contribution in [0.3, 0.4) is 0 Å². The Morgan fingerprint density at radius 1 is 1.14 bits per heavy atom. The monoisotopic (exact) mass is 397 g/mol. The van der Waals surface area contributed by atoms with Crippen LogP contribution < -0.4 is 16.6 Å². The van der Waals surface area contributed by atoms with Crippen molar-refractivity contribution in [3.63, 3.8) is 0 Å². The van der Waals surface area contributed by atoms with Crippen molar-refractivity contribution in [2.24, 2.45) is 20.0 Å². The molecule has 0 saturated carbocycles. The van der Waals surface area contributed by atoms with E-state index in [1.165, 1.54) is 41.9 Å². The van der Waals surface area contributed by atoms with Gasteiger partial charge in [0.1, 0.15) is 0 Å². The van der Waals surface area contributed by atoms with Crippen molar-refractivity contribution in [2.75, 3.05) is 0 Å². The average Bonchev–Trinajstić information content (AvgIpc) is 2.70. The van der Waals surface area contributed by atoms with Gasteiger partial charge in [0.05, 0.1) is 11.6 Å². The van der Waals surface area contributed by atoms with Crippen molar-refractivity contribution >= 4 is 12.0 Å². The zero-order valence-electron chi connectivity index (χ0n) is 17.9. The summed E-state index contributed by atoms with van der Waals surface area (Å²) in [5, 5.41) is 3.02. The van der Waals surface area contributed by atoms with Gasteiger partial charge in [-0.1, -0.05) is 51.5 Å². The maximum Gasteiger partial charge on any atom is 0.330 e. The van der Waals surface area contributed by atoms with E-state index in [0.29, 0.717) is 0 Å². The maximum atomic E-state index is 12.5. The molecule has 1 atom stereocenters. The molecule has 29 heavy (non-hydrogen) atoms. The highest BCUT2D eigenvalue weighted by molar-refractivity contribution is 5.91. The molecule has 1 amide bonds. The lowest BCUT2D eigenvalue weighted by Crippen LogP contribution is -2.37. The number of aromatic nitrogens is 2. The van der Waals surface area contributed by atoms with Crippen molar-refractivity contribution in [1.29, 1.82) is 0 Å². The summed E-state index contributed by atoms with van der Waals surface area (Å²) in [7, 11) is 2.99. The van der Waals surface area contributed by atoms with Crippen LogP contribution >= 0.6 is 0 Å². The number of nitrogens with one attached hydrogen (secondary N) is 1. The number of unbranched alkanes of at least 4 members (excludes halogenated alkanes) is 1. The van der Waals surface area contributed by atoms with Crippen molar-refractivity contribution in [3.8, 4) is 0 Å². The lowest BCUT2D eigenvalue weighted by Gasteiger charge is -2.22. The summed E-state index contributed by atoms with van der Waals surface area (Å²) in [6, 6.07) is 8.26. The van der Waals surface area contributed by atoms with Gasteiger partial charge in [0.2, 0.25) is 5.91 Å². The minimum atomic E-state index is -0.430. The molecule has 1 aromatic heterocycles. The molecule has 0 aliphatic carbocycles. The molecule has 1 unspecified atom stereocenters. The molecule has 0 fully saturated rings. The van der Waals surface area contributed by atoms with Gasteiger partial charge in [0.15, 0.2) is 0 Å². The molecular weight excluding hydrogens is 366 g/mol. The second kappa shape index (κ2) is 10.0. The van der Waals surface area contributed by atoms with E-state index in [-0.39, 0.29) is 23.4 Å². The molecule has 6 heteroatoms. The lowest BCUT2D eigenvalue weighted by atomic mass is 9.94. The summed E-state index contributed by atoms with van der Waals surface area (Å²) < 4.78 is 2.34. The SMILES string of the molecule is CCCCc1ccc(C(NC(=O)/C=C/c2cn(C)c(=O)n(C)c2=O)C(C)C)cc1. The second-order valence-corrected chi connectivity index (χ2v) is 7.75. The highest BCUT2D eigenvalue weighted by Crippen LogP contribution is 2.22. The van der Waals surface area contributed by atoms with Gasteiger partial charge >= 0.3 is 5.69 Å². The Labute approximate surface area is 171 Å². The molecule has 1 N–H and O–H groups in total. The Hall–Kier alpha value is -2.89. The number of carbonyl (C=O) groups excluding carboxylic acids is 1. The maximum absolute atomic E-state index is 12.5. The molecule has 0 radical (unpaired) electrons. The van der Waals surface area contributed by atoms with E-state index in [2.05, 4.69) is 50.4 Å². The van der Waals surface area contributed by atoms with Crippen LogP contribution in [0.1, 0.15) is 56.3 Å². The molecule has 1 aromatic carbocycles. The first-order chi connectivity index (χ1) is 13.7. The van der Waals surface area contributed by atoms with Crippen LogP contribution in [0.4, 0.5) is 0 Å². The van der Waals surface area contributed by atoms with E-state index in [0.717, 1.165) is 23.0 Å². The van der Waals surface area contributed by atoms with Gasteiger partial charge in [-0.05, 0) is 36.0 Å². The molecular formula is C23H31N3O3. The van der Waals surface area contributed by atoms with Gasteiger partial charge in [-0.25, -0.2) is 4.79 Å². The largest absolute Gasteiger partial charge is 0.345 e. The van der Waals surface area contributed by atoms with E-state index in [1.54, 1.807) is 7.05 Å². The van der Waals surface area contributed by atoms with Crippen LogP contribution in [0, 0.1) is 5.92 Å². The lowest BCUT2D eigenvalue weighted by molar-refractivity contribution is -0.117. The first kappa shape index (κ1) is 22.4. The number of aryl methyl sites for hydroxylation is 2. The zero-order chi connectivity index (χ0) is 21.6. The fraction of sp³-hybridized carbons (Fsp3) is 0.435. The third-order valence-corrected chi connectivity index (χ3v) is 5.01. The standard InChI is InChI=1S/C23H31N3O3/c1-6-7-8-17-9-11-18(12-10-17)21(16(2)3)24-20(27)14-13-19-15-25(4)23(29)26(5)22(19)28/h9-16,21H,6-8H2,1-5H3,(H,24,27)/b14-13+. The summed E-state index contributed by atoms with van der Waals surface area (Å²) in [6.07, 6.45) is 7.61. The Kier molecular flexibility index (Phi) is 7.76. The number of rotatable bonds is 8. The number of nitrogens with zero attached hydrogens (tertiary/aromatic N) is 2. The van der Waals surface area contributed by atoms with Gasteiger partial charge in [-0.2, -0.15) is 0 Å². The third-order valence-electron chi connectivity index (χ3n) is 5.01. The van der Waals surface area contributed by atoms with Crippen molar-refractivity contribution in [1.82, 2.24) is 14.5 Å². The summed E-state index contributed by atoms with van der Waals surface area (Å²) >= 11 is 0. The van der Waals surface area contributed by atoms with Crippen LogP contribution in [0.5, 0.6) is 0 Å². The highest BCUT2D eigenvalue weighted by Gasteiger charge is 2.17. The van der Waals surface area contributed by atoms with Gasteiger partial charge in [0.25, 0.3) is 5.56 Å². The topological polar surface area (TPSA) is 73.1 Å². The molecule has 2 rings (SSSR count). The fourth-order valence-corrected chi connectivity index (χ4v) is 3.22. The van der Waals surface area contributed by atoms with E-state index < -0.39 is 11.2 Å². The van der Waals surface area contributed by atoms with Gasteiger partial charge in [0, 0.05) is 26.4 Å². The summed E-state index contributed by atoms with van der Waals surface area (Å²) in [5.41, 5.74) is 1.81. The van der Waals surface area contributed by atoms with Crippen molar-refractivity contribution in [2.45, 2.75) is 46.1 Å². The molecule has 0 aliphatic rings. The predicted molar refractivity (Wildman–Crippen MR) is 117 cm³/mol. The molecule has 0 aliphatic heterocycles. The number of benzene rings is 1. The number of hydrogen-bond donors (Lipinski definition) is 1. The summed E-state index contributed by atoms with van der Waals surface area (Å²) in [6.45, 7) is 6.29. The number of amides is 1. The normalized spacial score (nSPS) is 12.5. The van der Waals surface area contributed by atoms with Crippen LogP contribution in [-0.4, -0.2) is 15.0 Å². The highest BCUT2D eigenvalue weighted by atomic mass is 16.2. The van der Waals surface area contributed by atoms with Crippen molar-refractivity contribution in [3.05, 3.63) is 74.1 Å². The molecule has 156 valence electrons. The smallest absolute Gasteiger partial charge is 0.330 e. The van der Waals surface area contributed by atoms with E-state index >= 15 is 0 Å². The fourth-order valence-electron chi connectivity index (χ4n) is 3.22. The first-order valence-corrected chi connectivity index (χ1v) is 10.1. The quantitative estimate of drug-likeness (QED) is 0.696. The molecule has 1 heterocycles. The Morgan fingerprint density at radius 2 is 1.79 bits per heavy atom. The Bertz CT molecular complexity index is 982. The van der Waals surface area contributed by atoms with E-state index in [1.807, 2.05) is 0 Å². The zero-order valence-corrected chi connectivity index (χ0v) is 17.9. The van der Waals surface area contributed by atoms with Crippen LogP contribution in [0.25, 0.3) is 6.08 Å². The molecule has 6 nitrogen and oxygen atoms in total. The van der Waals surface area contributed by atoms with Gasteiger partial charge in [-0.15, -0.1) is 0 Å². The summed E-state index contributed by atoms with van der Waals surface area (Å²) in [4.78, 5) is 36.4. The van der Waals surface area contributed by atoms with E-state index in [4.69, 9.17) is 0 Å². The summed E-state index contributed by atoms with van der Waals surface area (Å²) in [5.74, 6) is -0.0751. The average molecular weight is 398 g/mol. The Balaban J connectivity index is 2.15. The minimum absolute atomic E-state index is 0.129. The van der Waals surface area contributed by atoms with Crippen LogP contribution in [0.15, 0.2) is 46.1 Å². The van der Waals surface area contributed by atoms with E-state index in [9.17, 15) is 14.4 Å². The van der Waals surface area contributed by atoms with Crippen LogP contribution in [-0.2, 0) is 25.3 Å². The van der Waals surface area contributed by atoms with Crippen molar-refractivity contribution < 1.29 is 4.79 Å². The minimum Gasteiger partial charge on any atom is -0.345 e. The second-order valence-electron chi connectivity index (χ2n) is 7.75. The Morgan fingerprint density at radius 3 is 2.38 bits per heavy atom.